The van der Waals surface area contributed by atoms with Gasteiger partial charge in [0.15, 0.2) is 0 Å². The third-order valence-corrected chi connectivity index (χ3v) is 7.45. The van der Waals surface area contributed by atoms with Crippen molar-refractivity contribution in [2.75, 3.05) is 5.75 Å². The average Bonchev–Trinajstić information content (AvgIpc) is 3.22. The first-order valence-corrected chi connectivity index (χ1v) is 12.3. The minimum absolute atomic E-state index is 0.108. The first-order valence-electron chi connectivity index (χ1n) is 9.46. The van der Waals surface area contributed by atoms with Gasteiger partial charge in [0.2, 0.25) is 4.34 Å². The van der Waals surface area contributed by atoms with E-state index in [1.165, 1.54) is 40.4 Å². The molecule has 0 bridgehead atoms. The van der Waals surface area contributed by atoms with Crippen molar-refractivity contribution < 1.29 is 15.0 Å². The average molecular weight is 471 g/mol. The molecule has 0 saturated heterocycles. The van der Waals surface area contributed by atoms with Gasteiger partial charge >= 0.3 is 4.34 Å². The minimum atomic E-state index is -0.264. The highest BCUT2D eigenvalue weighted by Crippen LogP contribution is 2.28. The van der Waals surface area contributed by atoms with Crippen LogP contribution in [0.3, 0.4) is 0 Å². The number of rotatable bonds is 10. The first kappa shape index (κ1) is 23.1. The van der Waals surface area contributed by atoms with Crippen LogP contribution in [0.4, 0.5) is 0 Å². The monoisotopic (exact) mass is 470 g/mol. The number of hydrogen-bond donors (Lipinski definition) is 1. The number of nitrogens with one attached hydrogen (secondary N) is 2. The van der Waals surface area contributed by atoms with Crippen LogP contribution in [0.5, 0.6) is 5.75 Å². The van der Waals surface area contributed by atoms with Crippen molar-refractivity contribution in [3.05, 3.63) is 77.4 Å². The fraction of sp³-hybridized carbons (Fsp3) is 0.182. The molecular formula is C22H22N4O2S3. The van der Waals surface area contributed by atoms with Gasteiger partial charge in [-0.3, -0.25) is 4.79 Å². The summed E-state index contributed by atoms with van der Waals surface area (Å²) in [5.74, 6) is 0.666. The Hall–Kier alpha value is -2.62. The van der Waals surface area contributed by atoms with Gasteiger partial charge in [-0.25, -0.2) is 5.43 Å². The van der Waals surface area contributed by atoms with Crippen LogP contribution in [0.25, 0.3) is 0 Å². The van der Waals surface area contributed by atoms with Crippen molar-refractivity contribution in [3.63, 3.8) is 0 Å². The summed E-state index contributed by atoms with van der Waals surface area (Å²) >= 11 is 4.53. The maximum Gasteiger partial charge on any atom is 0.323 e. The van der Waals surface area contributed by atoms with E-state index in [0.717, 1.165) is 14.4 Å². The van der Waals surface area contributed by atoms with Crippen molar-refractivity contribution in [1.82, 2.24) is 10.5 Å². The summed E-state index contributed by atoms with van der Waals surface area (Å²) < 4.78 is 1.77. The number of thioether (sulfide) groups is 2. The molecule has 1 aromatic heterocycles. The molecule has 3 rings (SSSR count). The van der Waals surface area contributed by atoms with Crippen molar-refractivity contribution in [1.29, 1.82) is 0 Å². The summed E-state index contributed by atoms with van der Waals surface area (Å²) in [4.78, 5) is 12.0. The second-order valence-electron chi connectivity index (χ2n) is 6.56. The van der Waals surface area contributed by atoms with Gasteiger partial charge in [0, 0.05) is 10.9 Å². The third-order valence-electron chi connectivity index (χ3n) is 4.12. The second-order valence-corrected chi connectivity index (χ2v) is 10.0. The first-order chi connectivity index (χ1) is 15.0. The number of aromatic nitrogens is 2. The fourth-order valence-corrected chi connectivity index (χ4v) is 5.37. The summed E-state index contributed by atoms with van der Waals surface area (Å²) in [6, 6.07) is 13.7. The minimum Gasteiger partial charge on any atom is -0.872 e. The van der Waals surface area contributed by atoms with Gasteiger partial charge < -0.3 is 5.11 Å². The summed E-state index contributed by atoms with van der Waals surface area (Å²) in [6.45, 7) is 5.72. The van der Waals surface area contributed by atoms with Crippen LogP contribution in [0.15, 0.2) is 68.9 Å². The number of benzene rings is 2. The Kier molecular flexibility index (Phi) is 8.69. The van der Waals surface area contributed by atoms with Crippen molar-refractivity contribution in [2.45, 2.75) is 27.8 Å². The molecule has 0 atom stereocenters. The molecular weight excluding hydrogens is 448 g/mol. The summed E-state index contributed by atoms with van der Waals surface area (Å²) in [5, 5.41) is 23.4. The highest BCUT2D eigenvalue weighted by Gasteiger charge is 2.13. The molecule has 0 aliphatic rings. The number of carbonyl (C=O) groups is 1. The van der Waals surface area contributed by atoms with Crippen molar-refractivity contribution in [2.24, 2.45) is 5.10 Å². The molecule has 31 heavy (non-hydrogen) atoms. The molecule has 2 aromatic carbocycles. The van der Waals surface area contributed by atoms with Crippen molar-refractivity contribution in [3.8, 4) is 5.75 Å². The molecule has 0 radical (unpaired) electrons. The topological polar surface area (TPSA) is 91.6 Å². The van der Waals surface area contributed by atoms with Gasteiger partial charge in [-0.1, -0.05) is 82.3 Å². The molecule has 0 aliphatic carbocycles. The van der Waals surface area contributed by atoms with E-state index in [1.54, 1.807) is 36.0 Å². The number of hydrogen-bond acceptors (Lipinski definition) is 7. The number of H-pyrrole nitrogens is 1. The number of allylic oxidation sites excluding steroid dienone is 1. The molecule has 1 heterocycles. The lowest BCUT2D eigenvalue weighted by molar-refractivity contribution is -0.492. The summed E-state index contributed by atoms with van der Waals surface area (Å²) in [6.07, 6.45) is 3.55. The normalized spacial score (nSPS) is 11.0. The Morgan fingerprint density at radius 3 is 2.87 bits per heavy atom. The number of amides is 1. The Bertz CT molecular complexity index is 1060. The number of hydrazone groups is 1. The Morgan fingerprint density at radius 2 is 2.10 bits per heavy atom. The number of nitrogens with zero attached hydrogens (tertiary/aromatic N) is 2. The SMILES string of the molecule is C=CCc1cccc(C=NNC(=O)CSc2n[nH+]c(SCc3ccc(C)cc3)s2)c1[O-]. The van der Waals surface area contributed by atoms with Crippen molar-refractivity contribution >= 4 is 47.0 Å². The predicted octanol–water partition coefficient (Wildman–Crippen LogP) is 3.60. The van der Waals surface area contributed by atoms with E-state index in [1.807, 2.05) is 0 Å². The van der Waals surface area contributed by atoms with Crippen LogP contribution in [0, 0.1) is 6.92 Å². The zero-order valence-corrected chi connectivity index (χ0v) is 19.4. The van der Waals surface area contributed by atoms with Gasteiger partial charge in [-0.2, -0.15) is 5.10 Å². The Balaban J connectivity index is 1.44. The highest BCUT2D eigenvalue weighted by atomic mass is 32.2. The Morgan fingerprint density at radius 1 is 1.29 bits per heavy atom. The molecule has 6 nitrogen and oxygen atoms in total. The third kappa shape index (κ3) is 7.23. The van der Waals surface area contributed by atoms with Crippen LogP contribution in [-0.4, -0.2) is 23.0 Å². The smallest absolute Gasteiger partial charge is 0.323 e. The van der Waals surface area contributed by atoms with E-state index in [9.17, 15) is 9.90 Å². The molecule has 160 valence electrons. The molecule has 0 aliphatic heterocycles. The van der Waals surface area contributed by atoms with Crippen LogP contribution >= 0.6 is 34.9 Å². The van der Waals surface area contributed by atoms with E-state index in [2.05, 4.69) is 58.5 Å². The van der Waals surface area contributed by atoms with E-state index in [-0.39, 0.29) is 17.4 Å². The maximum absolute atomic E-state index is 12.2. The fourth-order valence-electron chi connectivity index (χ4n) is 2.53. The number of carbonyl (C=O) groups excluding carboxylic acids is 1. The van der Waals surface area contributed by atoms with E-state index in [4.69, 9.17) is 0 Å². The standard InChI is InChI=1S/C22H22N4O2S3/c1-3-5-17-6-4-7-18(20(17)28)12-23-24-19(27)14-30-22-26-25-21(31-22)29-13-16-10-8-15(2)9-11-16/h3-4,6-12,28H,1,5,13-14H2,2H3,(H,24,27). The highest BCUT2D eigenvalue weighted by molar-refractivity contribution is 8.03. The van der Waals surface area contributed by atoms with E-state index in [0.29, 0.717) is 17.5 Å². The number of aryl methyl sites for hydroxylation is 1. The molecule has 9 heteroatoms. The Labute approximate surface area is 193 Å². The zero-order valence-electron chi connectivity index (χ0n) is 17.0. The lowest BCUT2D eigenvalue weighted by Crippen LogP contribution is -2.19. The summed E-state index contributed by atoms with van der Waals surface area (Å²) in [7, 11) is 0. The van der Waals surface area contributed by atoms with E-state index < -0.39 is 0 Å². The van der Waals surface area contributed by atoms with E-state index >= 15 is 0 Å². The van der Waals surface area contributed by atoms with Gasteiger partial charge in [0.05, 0.1) is 12.0 Å². The summed E-state index contributed by atoms with van der Waals surface area (Å²) in [5.41, 5.74) is 6.02. The number of aromatic amines is 1. The molecule has 0 unspecified atom stereocenters. The quantitative estimate of drug-likeness (QED) is 0.212. The maximum atomic E-state index is 12.2. The van der Waals surface area contributed by atoms with Crippen LogP contribution in [0.2, 0.25) is 0 Å². The van der Waals surface area contributed by atoms with Crippen LogP contribution < -0.4 is 15.6 Å². The zero-order chi connectivity index (χ0) is 22.1. The molecule has 2 N–H and O–H groups in total. The number of para-hydroxylation sites is 1. The van der Waals surface area contributed by atoms with Gasteiger partial charge in [0.25, 0.3) is 5.91 Å². The molecule has 0 spiro atoms. The molecule has 1 amide bonds. The van der Waals surface area contributed by atoms with Gasteiger partial charge in [0.1, 0.15) is 0 Å². The lowest BCUT2D eigenvalue weighted by atomic mass is 10.1. The van der Waals surface area contributed by atoms with Gasteiger partial charge in [-0.15, -0.1) is 6.58 Å². The lowest BCUT2D eigenvalue weighted by Gasteiger charge is -2.15. The second kappa shape index (κ2) is 11.7. The molecule has 0 saturated carbocycles. The van der Waals surface area contributed by atoms with Crippen LogP contribution in [-0.2, 0) is 17.0 Å². The van der Waals surface area contributed by atoms with Gasteiger partial charge in [-0.05, 0) is 47.6 Å². The molecule has 0 fully saturated rings. The predicted molar refractivity (Wildman–Crippen MR) is 126 cm³/mol. The molecule has 3 aromatic rings. The van der Waals surface area contributed by atoms with Crippen LogP contribution in [0.1, 0.15) is 22.3 Å². The largest absolute Gasteiger partial charge is 0.872 e.